The summed E-state index contributed by atoms with van der Waals surface area (Å²) in [7, 11) is 0. The molecule has 0 spiro atoms. The standard InChI is InChI=1S/C27H24N4O2/c28-21(11-18-5-2-1-3-6-18)17-33-23-12-20(15-29-16-23)19-8-9-26-24(13-19)25(27(32)31-26)14-22-7-4-10-30-22/h1-10,12-16,21,30H,11,17,28H2,(H,31,32)/b25-14-/t21-/m0/s1. The minimum absolute atomic E-state index is 0.112. The van der Waals surface area contributed by atoms with Crippen LogP contribution in [0.3, 0.4) is 0 Å². The Morgan fingerprint density at radius 1 is 1.00 bits per heavy atom. The normalized spacial score (nSPS) is 14.7. The fraction of sp³-hybridized carbons (Fsp3) is 0.111. The van der Waals surface area contributed by atoms with E-state index in [4.69, 9.17) is 10.5 Å². The van der Waals surface area contributed by atoms with Crippen molar-refractivity contribution >= 4 is 23.2 Å². The smallest absolute Gasteiger partial charge is 0.256 e. The lowest BCUT2D eigenvalue weighted by Gasteiger charge is -2.14. The number of hydrogen-bond acceptors (Lipinski definition) is 4. The zero-order chi connectivity index (χ0) is 22.6. The molecule has 1 aliphatic rings. The Morgan fingerprint density at radius 3 is 2.70 bits per heavy atom. The molecule has 2 aromatic heterocycles. The van der Waals surface area contributed by atoms with E-state index in [9.17, 15) is 4.79 Å². The van der Waals surface area contributed by atoms with Crippen LogP contribution in [0.25, 0.3) is 22.8 Å². The van der Waals surface area contributed by atoms with Gasteiger partial charge >= 0.3 is 0 Å². The van der Waals surface area contributed by atoms with Crippen molar-refractivity contribution < 1.29 is 9.53 Å². The lowest BCUT2D eigenvalue weighted by atomic mass is 10.00. The third-order valence-corrected chi connectivity index (χ3v) is 5.58. The number of hydrogen-bond donors (Lipinski definition) is 3. The van der Waals surface area contributed by atoms with E-state index < -0.39 is 0 Å². The average Bonchev–Trinajstić information content (AvgIpc) is 3.46. The largest absolute Gasteiger partial charge is 0.490 e. The van der Waals surface area contributed by atoms with Gasteiger partial charge in [-0.3, -0.25) is 9.78 Å². The zero-order valence-corrected chi connectivity index (χ0v) is 18.0. The van der Waals surface area contributed by atoms with Crippen LogP contribution >= 0.6 is 0 Å². The van der Waals surface area contributed by atoms with Gasteiger partial charge in [-0.15, -0.1) is 0 Å². The van der Waals surface area contributed by atoms with Gasteiger partial charge in [0.25, 0.3) is 5.91 Å². The van der Waals surface area contributed by atoms with Gasteiger partial charge in [-0.1, -0.05) is 36.4 Å². The fourth-order valence-electron chi connectivity index (χ4n) is 3.94. The van der Waals surface area contributed by atoms with Gasteiger partial charge in [0.1, 0.15) is 12.4 Å². The summed E-state index contributed by atoms with van der Waals surface area (Å²) in [5.41, 5.74) is 12.5. The number of aromatic nitrogens is 2. The first-order valence-corrected chi connectivity index (χ1v) is 10.8. The maximum absolute atomic E-state index is 12.5. The van der Waals surface area contributed by atoms with Crippen LogP contribution in [0.15, 0.2) is 85.3 Å². The van der Waals surface area contributed by atoms with Gasteiger partial charge in [0.2, 0.25) is 0 Å². The van der Waals surface area contributed by atoms with Gasteiger partial charge in [-0.05, 0) is 54.0 Å². The number of nitrogens with zero attached hydrogens (tertiary/aromatic N) is 1. The molecule has 2 aromatic carbocycles. The number of amides is 1. The van der Waals surface area contributed by atoms with Gasteiger partial charge in [-0.25, -0.2) is 0 Å². The van der Waals surface area contributed by atoms with E-state index in [0.717, 1.165) is 34.5 Å². The zero-order valence-electron chi connectivity index (χ0n) is 18.0. The molecule has 1 aliphatic heterocycles. The second kappa shape index (κ2) is 9.14. The van der Waals surface area contributed by atoms with Crippen molar-refractivity contribution in [1.29, 1.82) is 0 Å². The molecule has 0 saturated heterocycles. The van der Waals surface area contributed by atoms with Gasteiger partial charge < -0.3 is 20.8 Å². The van der Waals surface area contributed by atoms with Crippen molar-refractivity contribution in [2.75, 3.05) is 11.9 Å². The van der Waals surface area contributed by atoms with Crippen LogP contribution in [0.4, 0.5) is 5.69 Å². The Bertz CT molecular complexity index is 1300. The minimum atomic E-state index is -0.117. The predicted molar refractivity (Wildman–Crippen MR) is 131 cm³/mol. The molecular formula is C27H24N4O2. The van der Waals surface area contributed by atoms with E-state index in [0.29, 0.717) is 17.9 Å². The van der Waals surface area contributed by atoms with E-state index in [1.54, 1.807) is 12.4 Å². The van der Waals surface area contributed by atoms with Gasteiger partial charge in [0, 0.05) is 40.9 Å². The molecule has 164 valence electrons. The number of rotatable bonds is 7. The number of benzene rings is 2. The monoisotopic (exact) mass is 436 g/mol. The van der Waals surface area contributed by atoms with Crippen molar-refractivity contribution in [3.63, 3.8) is 0 Å². The summed E-state index contributed by atoms with van der Waals surface area (Å²) in [6, 6.07) is 21.7. The highest BCUT2D eigenvalue weighted by molar-refractivity contribution is 6.35. The molecule has 0 radical (unpaired) electrons. The molecule has 0 unspecified atom stereocenters. The highest BCUT2D eigenvalue weighted by Gasteiger charge is 2.24. The third kappa shape index (κ3) is 4.71. The SMILES string of the molecule is N[C@H](COc1cncc(-c2ccc3c(c2)/C(=C/c2ccc[nH]2)C(=O)N3)c1)Cc1ccccc1. The number of aromatic amines is 1. The molecule has 1 atom stereocenters. The number of ether oxygens (including phenoxy) is 1. The molecule has 3 heterocycles. The van der Waals surface area contributed by atoms with E-state index in [1.807, 2.05) is 66.9 Å². The Labute approximate surface area is 192 Å². The molecule has 0 bridgehead atoms. The average molecular weight is 437 g/mol. The van der Waals surface area contributed by atoms with Crippen LogP contribution in [-0.2, 0) is 11.2 Å². The highest BCUT2D eigenvalue weighted by Crippen LogP contribution is 2.36. The summed E-state index contributed by atoms with van der Waals surface area (Å²) in [4.78, 5) is 20.0. The molecule has 6 heteroatoms. The van der Waals surface area contributed by atoms with Crippen LogP contribution in [0, 0.1) is 0 Å². The van der Waals surface area contributed by atoms with Gasteiger partial charge in [0.15, 0.2) is 0 Å². The number of nitrogens with one attached hydrogen (secondary N) is 2. The first kappa shape index (κ1) is 20.7. The maximum atomic E-state index is 12.5. The molecule has 4 N–H and O–H groups in total. The number of anilines is 1. The molecule has 0 aliphatic carbocycles. The molecule has 0 fully saturated rings. The quantitative estimate of drug-likeness (QED) is 0.372. The van der Waals surface area contributed by atoms with Crippen molar-refractivity contribution in [2.45, 2.75) is 12.5 Å². The molecule has 0 saturated carbocycles. The Kier molecular flexibility index (Phi) is 5.74. The summed E-state index contributed by atoms with van der Waals surface area (Å²) >= 11 is 0. The van der Waals surface area contributed by atoms with E-state index in [2.05, 4.69) is 27.4 Å². The van der Waals surface area contributed by atoms with E-state index >= 15 is 0 Å². The van der Waals surface area contributed by atoms with Crippen LogP contribution in [-0.4, -0.2) is 28.5 Å². The number of carbonyl (C=O) groups is 1. The lowest BCUT2D eigenvalue weighted by Crippen LogP contribution is -2.30. The topological polar surface area (TPSA) is 93.0 Å². The fourth-order valence-corrected chi connectivity index (χ4v) is 3.94. The number of nitrogens with two attached hydrogens (primary N) is 1. The molecule has 4 aromatic rings. The second-order valence-electron chi connectivity index (χ2n) is 8.07. The van der Waals surface area contributed by atoms with Crippen LogP contribution in [0.2, 0.25) is 0 Å². The van der Waals surface area contributed by atoms with Crippen molar-refractivity contribution in [1.82, 2.24) is 9.97 Å². The number of fused-ring (bicyclic) bond motifs is 1. The molecule has 6 nitrogen and oxygen atoms in total. The van der Waals surface area contributed by atoms with Gasteiger partial charge in [0.05, 0.1) is 11.8 Å². The van der Waals surface area contributed by atoms with Crippen molar-refractivity contribution in [2.24, 2.45) is 5.73 Å². The van der Waals surface area contributed by atoms with Crippen LogP contribution in [0.5, 0.6) is 5.75 Å². The van der Waals surface area contributed by atoms with Crippen LogP contribution in [0.1, 0.15) is 16.8 Å². The Balaban J connectivity index is 1.33. The molecule has 1 amide bonds. The summed E-state index contributed by atoms with van der Waals surface area (Å²) < 4.78 is 5.93. The molecule has 5 rings (SSSR count). The summed E-state index contributed by atoms with van der Waals surface area (Å²) in [5.74, 6) is 0.548. The third-order valence-electron chi connectivity index (χ3n) is 5.58. The summed E-state index contributed by atoms with van der Waals surface area (Å²) in [5, 5.41) is 2.93. The Morgan fingerprint density at radius 2 is 1.88 bits per heavy atom. The number of carbonyl (C=O) groups excluding carboxylic acids is 1. The first-order chi connectivity index (χ1) is 16.2. The minimum Gasteiger partial charge on any atom is -0.490 e. The number of H-pyrrole nitrogens is 1. The predicted octanol–water partition coefficient (Wildman–Crippen LogP) is 4.52. The first-order valence-electron chi connectivity index (χ1n) is 10.8. The molecule has 33 heavy (non-hydrogen) atoms. The highest BCUT2D eigenvalue weighted by atomic mass is 16.5. The lowest BCUT2D eigenvalue weighted by molar-refractivity contribution is -0.110. The molecular weight excluding hydrogens is 412 g/mol. The van der Waals surface area contributed by atoms with Crippen molar-refractivity contribution in [3.8, 4) is 16.9 Å². The Hall–Kier alpha value is -4.16. The van der Waals surface area contributed by atoms with Crippen LogP contribution < -0.4 is 15.8 Å². The van der Waals surface area contributed by atoms with Crippen molar-refractivity contribution in [3.05, 3.63) is 102 Å². The number of pyridine rings is 1. The summed E-state index contributed by atoms with van der Waals surface area (Å²) in [6.07, 6.45) is 7.91. The van der Waals surface area contributed by atoms with E-state index in [1.165, 1.54) is 5.56 Å². The van der Waals surface area contributed by atoms with E-state index in [-0.39, 0.29) is 11.9 Å². The summed E-state index contributed by atoms with van der Waals surface area (Å²) in [6.45, 7) is 0.395. The van der Waals surface area contributed by atoms with Gasteiger partial charge in [-0.2, -0.15) is 0 Å². The second-order valence-corrected chi connectivity index (χ2v) is 8.07. The maximum Gasteiger partial charge on any atom is 0.256 e.